The molecule has 9 heteroatoms. The predicted molar refractivity (Wildman–Crippen MR) is 113 cm³/mol. The number of carbonyl (C=O) groups is 1. The van der Waals surface area contributed by atoms with Crippen LogP contribution in [0.15, 0.2) is 36.5 Å². The Morgan fingerprint density at radius 3 is 2.69 bits per heavy atom. The zero-order valence-electron chi connectivity index (χ0n) is 17.9. The van der Waals surface area contributed by atoms with Gasteiger partial charge in [0.05, 0.1) is 17.1 Å². The number of likely N-dealkylation sites (tertiary alicyclic amines) is 1. The quantitative estimate of drug-likeness (QED) is 0.675. The molecule has 1 N–H and O–H groups in total. The number of fused-ring (bicyclic) bond motifs is 2. The molecule has 6 nitrogen and oxygen atoms in total. The number of hydrogen-bond acceptors (Lipinski definition) is 4. The summed E-state index contributed by atoms with van der Waals surface area (Å²) in [6.45, 7) is 3.74. The summed E-state index contributed by atoms with van der Waals surface area (Å²) in [6.07, 6.45) is -1.56. The number of carbonyl (C=O) groups excluding carboxylic acids is 1. The van der Waals surface area contributed by atoms with Crippen molar-refractivity contribution >= 4 is 17.1 Å². The van der Waals surface area contributed by atoms with E-state index >= 15 is 0 Å². The summed E-state index contributed by atoms with van der Waals surface area (Å²) >= 11 is 0. The highest BCUT2D eigenvalue weighted by Crippen LogP contribution is 2.38. The summed E-state index contributed by atoms with van der Waals surface area (Å²) in [5, 5.41) is 3.33. The Labute approximate surface area is 183 Å². The second-order valence-electron chi connectivity index (χ2n) is 8.76. The molecule has 0 bridgehead atoms. The minimum atomic E-state index is -4.35. The first kappa shape index (κ1) is 20.9. The fourth-order valence-electron chi connectivity index (χ4n) is 5.06. The van der Waals surface area contributed by atoms with Gasteiger partial charge in [0.1, 0.15) is 5.82 Å². The van der Waals surface area contributed by atoms with E-state index in [4.69, 9.17) is 0 Å². The first-order chi connectivity index (χ1) is 15.2. The minimum absolute atomic E-state index is 0.140. The molecule has 0 spiro atoms. The number of imidazole rings is 1. The first-order valence-electron chi connectivity index (χ1n) is 10.7. The number of nitrogens with one attached hydrogen (secondary N) is 1. The number of benzene rings is 1. The monoisotopic (exact) mass is 443 g/mol. The number of amides is 1. The molecular weight excluding hydrogens is 419 g/mol. The van der Waals surface area contributed by atoms with Gasteiger partial charge < -0.3 is 14.8 Å². The van der Waals surface area contributed by atoms with E-state index in [-0.39, 0.29) is 23.8 Å². The molecule has 168 valence electrons. The lowest BCUT2D eigenvalue weighted by molar-refractivity contribution is -0.137. The number of alkyl halides is 3. The number of hydrogen-bond donors (Lipinski definition) is 1. The molecular formula is C23H24F3N5O. The van der Waals surface area contributed by atoms with Crippen molar-refractivity contribution in [1.29, 1.82) is 0 Å². The van der Waals surface area contributed by atoms with Gasteiger partial charge in [-0.15, -0.1) is 0 Å². The number of nitrogens with zero attached hydrogens (tertiary/aromatic N) is 4. The second-order valence-corrected chi connectivity index (χ2v) is 8.76. The highest BCUT2D eigenvalue weighted by Gasteiger charge is 2.44. The maximum absolute atomic E-state index is 12.9. The van der Waals surface area contributed by atoms with Crippen LogP contribution >= 0.6 is 0 Å². The number of pyridine rings is 1. The van der Waals surface area contributed by atoms with Gasteiger partial charge >= 0.3 is 6.18 Å². The lowest BCUT2D eigenvalue weighted by Crippen LogP contribution is -2.52. The van der Waals surface area contributed by atoms with Crippen molar-refractivity contribution in [2.24, 2.45) is 5.92 Å². The van der Waals surface area contributed by atoms with Crippen LogP contribution in [0.4, 0.5) is 13.2 Å². The van der Waals surface area contributed by atoms with Crippen LogP contribution in [-0.4, -0.2) is 51.5 Å². The Bertz CT molecular complexity index is 1170. The lowest BCUT2D eigenvalue weighted by atomic mass is 9.78. The molecule has 32 heavy (non-hydrogen) atoms. The fourth-order valence-corrected chi connectivity index (χ4v) is 5.06. The van der Waals surface area contributed by atoms with Gasteiger partial charge in [-0.05, 0) is 55.1 Å². The molecule has 2 fully saturated rings. The molecule has 2 saturated heterocycles. The topological polar surface area (TPSA) is 63.1 Å². The molecule has 3 atom stereocenters. The molecule has 1 aromatic carbocycles. The molecule has 1 amide bonds. The van der Waals surface area contributed by atoms with Gasteiger partial charge in [0.2, 0.25) is 5.91 Å². The van der Waals surface area contributed by atoms with E-state index < -0.39 is 11.7 Å². The third-order valence-electron chi connectivity index (χ3n) is 6.77. The van der Waals surface area contributed by atoms with E-state index in [2.05, 4.69) is 21.4 Å². The fraction of sp³-hybridized carbons (Fsp3) is 0.435. The molecule has 2 aromatic heterocycles. The van der Waals surface area contributed by atoms with Crippen molar-refractivity contribution in [1.82, 2.24) is 24.8 Å². The van der Waals surface area contributed by atoms with Crippen molar-refractivity contribution < 1.29 is 18.0 Å². The maximum atomic E-state index is 12.9. The van der Waals surface area contributed by atoms with E-state index in [0.717, 1.165) is 47.6 Å². The van der Waals surface area contributed by atoms with E-state index in [9.17, 15) is 18.0 Å². The number of halogens is 3. The SMILES string of the molecule is Cc1nc2ncc(C3CN(C)C(=O)C4NCCC43)cc2n1Cc1ccc(C(F)(F)F)cc1. The molecule has 3 aromatic rings. The van der Waals surface area contributed by atoms with Gasteiger partial charge in [-0.3, -0.25) is 4.79 Å². The Kier molecular flexibility index (Phi) is 4.96. The van der Waals surface area contributed by atoms with Crippen molar-refractivity contribution in [3.8, 4) is 0 Å². The van der Waals surface area contributed by atoms with Crippen LogP contribution in [0.2, 0.25) is 0 Å². The van der Waals surface area contributed by atoms with Crippen molar-refractivity contribution in [2.75, 3.05) is 20.1 Å². The van der Waals surface area contributed by atoms with Gasteiger partial charge in [0.15, 0.2) is 5.65 Å². The lowest BCUT2D eigenvalue weighted by Gasteiger charge is -2.38. The van der Waals surface area contributed by atoms with E-state index in [1.807, 2.05) is 24.7 Å². The van der Waals surface area contributed by atoms with E-state index in [1.54, 1.807) is 4.90 Å². The largest absolute Gasteiger partial charge is 0.416 e. The Morgan fingerprint density at radius 2 is 1.97 bits per heavy atom. The van der Waals surface area contributed by atoms with Crippen LogP contribution < -0.4 is 5.32 Å². The summed E-state index contributed by atoms with van der Waals surface area (Å²) in [5.41, 5.74) is 2.62. The normalized spacial score (nSPS) is 23.7. The molecule has 2 aliphatic rings. The summed E-state index contributed by atoms with van der Waals surface area (Å²) in [4.78, 5) is 23.4. The summed E-state index contributed by atoms with van der Waals surface area (Å²) < 4.78 is 40.6. The number of rotatable bonds is 3. The predicted octanol–water partition coefficient (Wildman–Crippen LogP) is 3.34. The molecule has 0 radical (unpaired) electrons. The van der Waals surface area contributed by atoms with Gasteiger partial charge in [0.25, 0.3) is 0 Å². The third-order valence-corrected chi connectivity index (χ3v) is 6.77. The van der Waals surface area contributed by atoms with Crippen LogP contribution in [0.25, 0.3) is 11.2 Å². The van der Waals surface area contributed by atoms with Crippen LogP contribution in [0, 0.1) is 12.8 Å². The van der Waals surface area contributed by atoms with Crippen molar-refractivity contribution in [2.45, 2.75) is 38.0 Å². The Balaban J connectivity index is 1.48. The molecule has 4 heterocycles. The van der Waals surface area contributed by atoms with Crippen LogP contribution in [0.3, 0.4) is 0 Å². The minimum Gasteiger partial charge on any atom is -0.344 e. The highest BCUT2D eigenvalue weighted by atomic mass is 19.4. The first-order valence-corrected chi connectivity index (χ1v) is 10.7. The molecule has 2 aliphatic heterocycles. The molecule has 3 unspecified atom stereocenters. The summed E-state index contributed by atoms with van der Waals surface area (Å²) in [6, 6.07) is 7.14. The van der Waals surface area contributed by atoms with E-state index in [1.165, 1.54) is 12.1 Å². The van der Waals surface area contributed by atoms with Crippen LogP contribution in [0.1, 0.15) is 34.9 Å². The molecule has 0 saturated carbocycles. The summed E-state index contributed by atoms with van der Waals surface area (Å²) in [7, 11) is 1.83. The van der Waals surface area contributed by atoms with Crippen molar-refractivity contribution in [3.05, 3.63) is 59.0 Å². The highest BCUT2D eigenvalue weighted by molar-refractivity contribution is 5.84. The Hall–Kier alpha value is -2.94. The zero-order chi connectivity index (χ0) is 22.6. The molecule has 5 rings (SSSR count). The van der Waals surface area contributed by atoms with Crippen molar-refractivity contribution in [3.63, 3.8) is 0 Å². The van der Waals surface area contributed by atoms with Gasteiger partial charge in [-0.25, -0.2) is 9.97 Å². The second kappa shape index (κ2) is 7.58. The van der Waals surface area contributed by atoms with Gasteiger partial charge in [-0.2, -0.15) is 13.2 Å². The van der Waals surface area contributed by atoms with Gasteiger partial charge in [-0.1, -0.05) is 12.1 Å². The number of aromatic nitrogens is 3. The van der Waals surface area contributed by atoms with Crippen LogP contribution in [0.5, 0.6) is 0 Å². The third kappa shape index (κ3) is 3.54. The number of piperidine rings is 1. The Morgan fingerprint density at radius 1 is 1.22 bits per heavy atom. The average Bonchev–Trinajstić information content (AvgIpc) is 3.36. The van der Waals surface area contributed by atoms with Crippen LogP contribution in [-0.2, 0) is 17.5 Å². The number of aryl methyl sites for hydroxylation is 1. The smallest absolute Gasteiger partial charge is 0.344 e. The standard InChI is InChI=1S/C23H24F3N5O/c1-13-29-21-19(31(13)11-14-3-5-16(6-4-14)23(24,25)26)9-15(10-28-21)18-12-30(2)22(32)20-17(18)7-8-27-20/h3-6,9-10,17-18,20,27H,7-8,11-12H2,1-2H3. The summed E-state index contributed by atoms with van der Waals surface area (Å²) in [5.74, 6) is 1.29. The molecule has 0 aliphatic carbocycles. The maximum Gasteiger partial charge on any atom is 0.416 e. The van der Waals surface area contributed by atoms with Gasteiger partial charge in [0, 0.05) is 32.3 Å². The number of likely N-dealkylation sites (N-methyl/N-ethyl adjacent to an activating group) is 1. The van der Waals surface area contributed by atoms with E-state index in [0.29, 0.717) is 18.7 Å². The average molecular weight is 443 g/mol. The zero-order valence-corrected chi connectivity index (χ0v) is 17.9.